The number of benzene rings is 2. The number of hydrogen-bond acceptors (Lipinski definition) is 3. The number of nitrogens with zero attached hydrogens (tertiary/aromatic N) is 2. The zero-order chi connectivity index (χ0) is 21.9. The van der Waals surface area contributed by atoms with Crippen LogP contribution in [-0.4, -0.2) is 36.5 Å². The molecule has 2 aromatic rings. The van der Waals surface area contributed by atoms with Crippen molar-refractivity contribution in [2.75, 3.05) is 24.7 Å². The lowest BCUT2D eigenvalue weighted by molar-refractivity contribution is -0.137. The molecule has 1 fully saturated rings. The van der Waals surface area contributed by atoms with Gasteiger partial charge in [0.25, 0.3) is 5.91 Å². The molecule has 30 heavy (non-hydrogen) atoms. The molecule has 0 N–H and O–H groups in total. The van der Waals surface area contributed by atoms with Gasteiger partial charge in [0, 0.05) is 23.7 Å². The second-order valence-electron chi connectivity index (χ2n) is 6.64. The fourth-order valence-electron chi connectivity index (χ4n) is 2.99. The molecule has 0 aliphatic carbocycles. The highest BCUT2D eigenvalue weighted by molar-refractivity contribution is 6.35. The number of amides is 2. The molecule has 0 radical (unpaired) electrons. The Hall–Kier alpha value is -2.45. The molecule has 10 heteroatoms. The number of anilines is 1. The predicted molar refractivity (Wildman–Crippen MR) is 107 cm³/mol. The van der Waals surface area contributed by atoms with Crippen molar-refractivity contribution in [1.82, 2.24) is 4.90 Å². The Bertz CT molecular complexity index is 953. The van der Waals surface area contributed by atoms with Gasteiger partial charge in [-0.25, -0.2) is 0 Å². The standard InChI is InChI=1S/C20H17Cl2F3N2O3/c21-14-6-7-17(16(22)10-14)30-11-19(29)27(12-26-8-2-5-18(26)28)15-4-1-3-13(9-15)20(23,24)25/h1,3-4,6-7,9-10H,2,5,8,11-12H2. The van der Waals surface area contributed by atoms with E-state index in [0.717, 1.165) is 17.0 Å². The Morgan fingerprint density at radius 1 is 1.17 bits per heavy atom. The molecule has 1 saturated heterocycles. The van der Waals surface area contributed by atoms with E-state index in [1.807, 2.05) is 0 Å². The van der Waals surface area contributed by atoms with Crippen LogP contribution in [-0.2, 0) is 15.8 Å². The third kappa shape index (κ3) is 5.37. The zero-order valence-electron chi connectivity index (χ0n) is 15.6. The van der Waals surface area contributed by atoms with Gasteiger partial charge in [-0.05, 0) is 42.8 Å². The summed E-state index contributed by atoms with van der Waals surface area (Å²) in [5.74, 6) is -0.586. The van der Waals surface area contributed by atoms with E-state index >= 15 is 0 Å². The molecule has 1 heterocycles. The summed E-state index contributed by atoms with van der Waals surface area (Å²) in [5.41, 5.74) is -0.882. The van der Waals surface area contributed by atoms with Crippen LogP contribution in [0.4, 0.5) is 18.9 Å². The van der Waals surface area contributed by atoms with Crippen LogP contribution in [0.5, 0.6) is 5.75 Å². The average Bonchev–Trinajstić information content (AvgIpc) is 3.09. The van der Waals surface area contributed by atoms with Gasteiger partial charge in [0.2, 0.25) is 5.91 Å². The van der Waals surface area contributed by atoms with Gasteiger partial charge in [-0.15, -0.1) is 0 Å². The molecule has 2 aromatic carbocycles. The Labute approximate surface area is 180 Å². The normalized spacial score (nSPS) is 14.2. The van der Waals surface area contributed by atoms with Gasteiger partial charge in [0.1, 0.15) is 12.4 Å². The van der Waals surface area contributed by atoms with Crippen molar-refractivity contribution in [2.45, 2.75) is 19.0 Å². The number of halogens is 5. The number of rotatable bonds is 6. The Balaban J connectivity index is 1.83. The summed E-state index contributed by atoms with van der Waals surface area (Å²) in [5, 5.41) is 0.576. The number of alkyl halides is 3. The van der Waals surface area contributed by atoms with Crippen LogP contribution in [0.3, 0.4) is 0 Å². The first-order valence-corrected chi connectivity index (χ1v) is 9.74. The molecule has 0 saturated carbocycles. The number of carbonyl (C=O) groups is 2. The molecule has 0 spiro atoms. The quantitative estimate of drug-likeness (QED) is 0.608. The van der Waals surface area contributed by atoms with Crippen molar-refractivity contribution in [3.05, 3.63) is 58.1 Å². The van der Waals surface area contributed by atoms with Crippen LogP contribution in [0, 0.1) is 0 Å². The molecular formula is C20H17Cl2F3N2O3. The monoisotopic (exact) mass is 460 g/mol. The number of ether oxygens (including phenoxy) is 1. The van der Waals surface area contributed by atoms with Crippen molar-refractivity contribution in [3.8, 4) is 5.75 Å². The summed E-state index contributed by atoms with van der Waals surface area (Å²) in [4.78, 5) is 27.4. The lowest BCUT2D eigenvalue weighted by Crippen LogP contribution is -2.44. The SMILES string of the molecule is O=C1CCCN1CN(C(=O)COc1ccc(Cl)cc1Cl)c1cccc(C(F)(F)F)c1. The lowest BCUT2D eigenvalue weighted by atomic mass is 10.2. The van der Waals surface area contributed by atoms with E-state index in [0.29, 0.717) is 24.4 Å². The molecule has 1 aliphatic rings. The Morgan fingerprint density at radius 2 is 1.93 bits per heavy atom. The van der Waals surface area contributed by atoms with Gasteiger partial charge in [0.05, 0.1) is 10.6 Å². The first-order chi connectivity index (χ1) is 14.1. The minimum Gasteiger partial charge on any atom is -0.482 e. The third-order valence-corrected chi connectivity index (χ3v) is 5.05. The molecule has 0 atom stereocenters. The first-order valence-electron chi connectivity index (χ1n) is 8.98. The van der Waals surface area contributed by atoms with E-state index in [9.17, 15) is 22.8 Å². The maximum absolute atomic E-state index is 13.1. The van der Waals surface area contributed by atoms with Crippen molar-refractivity contribution in [3.63, 3.8) is 0 Å². The van der Waals surface area contributed by atoms with E-state index < -0.39 is 24.3 Å². The van der Waals surface area contributed by atoms with Gasteiger partial charge in [-0.2, -0.15) is 13.2 Å². The summed E-state index contributed by atoms with van der Waals surface area (Å²) in [6.07, 6.45) is -3.61. The average molecular weight is 461 g/mol. The second-order valence-corrected chi connectivity index (χ2v) is 7.48. The van der Waals surface area contributed by atoms with E-state index in [1.54, 1.807) is 0 Å². The number of hydrogen-bond donors (Lipinski definition) is 0. The van der Waals surface area contributed by atoms with Crippen molar-refractivity contribution in [1.29, 1.82) is 0 Å². The molecule has 5 nitrogen and oxygen atoms in total. The van der Waals surface area contributed by atoms with Gasteiger partial charge < -0.3 is 9.64 Å². The van der Waals surface area contributed by atoms with Gasteiger partial charge in [0.15, 0.2) is 6.61 Å². The van der Waals surface area contributed by atoms with E-state index in [-0.39, 0.29) is 29.0 Å². The molecule has 0 aromatic heterocycles. The molecule has 3 rings (SSSR count). The second kappa shape index (κ2) is 9.14. The highest BCUT2D eigenvalue weighted by atomic mass is 35.5. The molecule has 1 aliphatic heterocycles. The topological polar surface area (TPSA) is 49.9 Å². The van der Waals surface area contributed by atoms with E-state index in [2.05, 4.69) is 0 Å². The minimum absolute atomic E-state index is 0.0142. The molecule has 0 bridgehead atoms. The van der Waals surface area contributed by atoms with Crippen molar-refractivity contribution in [2.24, 2.45) is 0 Å². The maximum atomic E-state index is 13.1. The first kappa shape index (κ1) is 22.2. The van der Waals surface area contributed by atoms with E-state index in [4.69, 9.17) is 27.9 Å². The highest BCUT2D eigenvalue weighted by Crippen LogP contribution is 2.32. The smallest absolute Gasteiger partial charge is 0.416 e. The summed E-state index contributed by atoms with van der Waals surface area (Å²) >= 11 is 11.9. The summed E-state index contributed by atoms with van der Waals surface area (Å²) in [6.45, 7) is -0.234. The summed E-state index contributed by atoms with van der Waals surface area (Å²) < 4.78 is 44.8. The van der Waals surface area contributed by atoms with Crippen LogP contribution in [0.25, 0.3) is 0 Å². The van der Waals surface area contributed by atoms with Gasteiger partial charge in [-0.1, -0.05) is 29.3 Å². The third-order valence-electron chi connectivity index (χ3n) is 4.51. The Morgan fingerprint density at radius 3 is 2.57 bits per heavy atom. The van der Waals surface area contributed by atoms with Crippen molar-refractivity contribution >= 4 is 40.7 Å². The van der Waals surface area contributed by atoms with E-state index in [1.165, 1.54) is 35.2 Å². The Kier molecular flexibility index (Phi) is 6.77. The molecule has 0 unspecified atom stereocenters. The number of carbonyl (C=O) groups excluding carboxylic acids is 2. The van der Waals surface area contributed by atoms with Crippen LogP contribution >= 0.6 is 23.2 Å². The van der Waals surface area contributed by atoms with Crippen LogP contribution < -0.4 is 9.64 Å². The maximum Gasteiger partial charge on any atom is 0.416 e. The van der Waals surface area contributed by atoms with Crippen LogP contribution in [0.1, 0.15) is 18.4 Å². The van der Waals surface area contributed by atoms with Gasteiger partial charge >= 0.3 is 6.18 Å². The van der Waals surface area contributed by atoms with Crippen LogP contribution in [0.2, 0.25) is 10.0 Å². The minimum atomic E-state index is -4.57. The van der Waals surface area contributed by atoms with Crippen molar-refractivity contribution < 1.29 is 27.5 Å². The van der Waals surface area contributed by atoms with Gasteiger partial charge in [-0.3, -0.25) is 14.5 Å². The summed E-state index contributed by atoms with van der Waals surface area (Å²) in [6, 6.07) is 8.82. The highest BCUT2D eigenvalue weighted by Gasteiger charge is 2.32. The molecule has 160 valence electrons. The predicted octanol–water partition coefficient (Wildman–Crippen LogP) is 5.00. The molecular weight excluding hydrogens is 444 g/mol. The fourth-order valence-corrected chi connectivity index (χ4v) is 3.45. The summed E-state index contributed by atoms with van der Waals surface area (Å²) in [7, 11) is 0. The van der Waals surface area contributed by atoms with Crippen LogP contribution in [0.15, 0.2) is 42.5 Å². The number of likely N-dealkylation sites (tertiary alicyclic amines) is 1. The fraction of sp³-hybridized carbons (Fsp3) is 0.300. The largest absolute Gasteiger partial charge is 0.482 e. The lowest BCUT2D eigenvalue weighted by Gasteiger charge is -2.28. The zero-order valence-corrected chi connectivity index (χ0v) is 17.1. The molecule has 2 amide bonds.